The summed E-state index contributed by atoms with van der Waals surface area (Å²) in [5, 5.41) is 4.38. The lowest BCUT2D eigenvalue weighted by Crippen LogP contribution is -2.36. The molecular formula is C8H16N. The van der Waals surface area contributed by atoms with Gasteiger partial charge in [-0.2, -0.15) is 0 Å². The molecule has 1 rings (SSSR count). The summed E-state index contributed by atoms with van der Waals surface area (Å²) in [5.41, 5.74) is 0.345. The summed E-state index contributed by atoms with van der Waals surface area (Å²) in [5.74, 6) is 0. The van der Waals surface area contributed by atoms with Crippen LogP contribution in [0.25, 0.3) is 0 Å². The number of hydrogen-bond acceptors (Lipinski definition) is 0. The first-order valence-corrected chi connectivity index (χ1v) is 3.88. The van der Waals surface area contributed by atoms with Crippen LogP contribution in [-0.4, -0.2) is 12.6 Å². The highest BCUT2D eigenvalue weighted by atomic mass is 14.9. The van der Waals surface area contributed by atoms with Crippen molar-refractivity contribution in [3.8, 4) is 0 Å². The fourth-order valence-corrected chi connectivity index (χ4v) is 1.54. The summed E-state index contributed by atoms with van der Waals surface area (Å²) in [4.78, 5) is 0. The molecule has 0 aromatic heterocycles. The van der Waals surface area contributed by atoms with Crippen molar-refractivity contribution in [1.82, 2.24) is 5.32 Å². The molecule has 1 aliphatic rings. The molecular weight excluding hydrogens is 110 g/mol. The highest BCUT2D eigenvalue weighted by Crippen LogP contribution is 2.27. The molecule has 0 aromatic rings. The van der Waals surface area contributed by atoms with E-state index in [1.807, 2.05) is 7.05 Å². The average Bonchev–Trinajstić information content (AvgIpc) is 1.90. The van der Waals surface area contributed by atoms with Gasteiger partial charge in [0.1, 0.15) is 0 Å². The normalized spacial score (nSPS) is 26.0. The molecule has 0 N–H and O–H groups in total. The Bertz CT molecular complexity index is 82.6. The predicted molar refractivity (Wildman–Crippen MR) is 39.5 cm³/mol. The quantitative estimate of drug-likeness (QED) is 0.510. The molecule has 0 aliphatic heterocycles. The first-order chi connectivity index (χ1) is 4.27. The molecule has 0 amide bonds. The van der Waals surface area contributed by atoms with E-state index in [9.17, 15) is 0 Å². The molecule has 0 aromatic carbocycles. The minimum atomic E-state index is 0.345. The minimum absolute atomic E-state index is 0.345. The Kier molecular flexibility index (Phi) is 2.12. The maximum Gasteiger partial charge on any atom is 0.0325 e. The zero-order valence-electron chi connectivity index (χ0n) is 6.48. The third-order valence-corrected chi connectivity index (χ3v) is 2.47. The Balaban J connectivity index is 2.37. The SMILES string of the molecule is C[N]C1(C)CCCCC1. The third-order valence-electron chi connectivity index (χ3n) is 2.47. The van der Waals surface area contributed by atoms with Crippen LogP contribution >= 0.6 is 0 Å². The molecule has 0 bridgehead atoms. The fourth-order valence-electron chi connectivity index (χ4n) is 1.54. The van der Waals surface area contributed by atoms with E-state index in [0.29, 0.717) is 5.54 Å². The lowest BCUT2D eigenvalue weighted by Gasteiger charge is -2.31. The highest BCUT2D eigenvalue weighted by Gasteiger charge is 2.24. The van der Waals surface area contributed by atoms with Crippen LogP contribution in [0.4, 0.5) is 0 Å². The highest BCUT2D eigenvalue weighted by molar-refractivity contribution is 4.83. The van der Waals surface area contributed by atoms with E-state index in [1.54, 1.807) is 0 Å². The Morgan fingerprint density at radius 3 is 2.00 bits per heavy atom. The second kappa shape index (κ2) is 2.70. The average molecular weight is 126 g/mol. The Labute approximate surface area is 57.8 Å². The molecule has 1 fully saturated rings. The van der Waals surface area contributed by atoms with Crippen LogP contribution in [-0.2, 0) is 0 Å². The molecule has 1 saturated carbocycles. The summed E-state index contributed by atoms with van der Waals surface area (Å²) in [6.07, 6.45) is 6.81. The van der Waals surface area contributed by atoms with Gasteiger partial charge in [-0.25, -0.2) is 5.32 Å². The van der Waals surface area contributed by atoms with Gasteiger partial charge in [-0.1, -0.05) is 19.3 Å². The van der Waals surface area contributed by atoms with Crippen molar-refractivity contribution in [2.45, 2.75) is 44.6 Å². The van der Waals surface area contributed by atoms with Crippen molar-refractivity contribution < 1.29 is 0 Å². The lowest BCUT2D eigenvalue weighted by atomic mass is 9.84. The standard InChI is InChI=1S/C8H16N/c1-8(9-2)6-4-3-5-7-8/h3-7H2,1-2H3. The molecule has 9 heavy (non-hydrogen) atoms. The van der Waals surface area contributed by atoms with Gasteiger partial charge in [0.15, 0.2) is 0 Å². The first-order valence-electron chi connectivity index (χ1n) is 3.88. The van der Waals surface area contributed by atoms with Crippen molar-refractivity contribution in [3.05, 3.63) is 0 Å². The van der Waals surface area contributed by atoms with E-state index in [2.05, 4.69) is 12.2 Å². The summed E-state index contributed by atoms with van der Waals surface area (Å²) in [6, 6.07) is 0. The topological polar surface area (TPSA) is 14.1 Å². The molecule has 1 nitrogen and oxygen atoms in total. The van der Waals surface area contributed by atoms with Gasteiger partial charge in [0.25, 0.3) is 0 Å². The molecule has 0 saturated heterocycles. The number of nitrogens with zero attached hydrogens (tertiary/aromatic N) is 1. The van der Waals surface area contributed by atoms with E-state index in [-0.39, 0.29) is 0 Å². The summed E-state index contributed by atoms with van der Waals surface area (Å²) in [6.45, 7) is 2.27. The van der Waals surface area contributed by atoms with Crippen molar-refractivity contribution in [2.75, 3.05) is 7.05 Å². The van der Waals surface area contributed by atoms with E-state index in [0.717, 1.165) is 0 Å². The third kappa shape index (κ3) is 1.68. The first kappa shape index (κ1) is 7.07. The van der Waals surface area contributed by atoms with Crippen LogP contribution in [0.3, 0.4) is 0 Å². The maximum atomic E-state index is 4.38. The molecule has 0 heterocycles. The number of hydrogen-bond donors (Lipinski definition) is 0. The van der Waals surface area contributed by atoms with Crippen LogP contribution in [0.5, 0.6) is 0 Å². The Morgan fingerprint density at radius 2 is 1.67 bits per heavy atom. The van der Waals surface area contributed by atoms with Gasteiger partial charge in [0, 0.05) is 12.6 Å². The number of rotatable bonds is 1. The van der Waals surface area contributed by atoms with Crippen molar-refractivity contribution in [3.63, 3.8) is 0 Å². The van der Waals surface area contributed by atoms with Gasteiger partial charge in [-0.15, -0.1) is 0 Å². The zero-order valence-corrected chi connectivity index (χ0v) is 6.48. The monoisotopic (exact) mass is 126 g/mol. The second-order valence-corrected chi connectivity index (χ2v) is 3.28. The molecule has 0 unspecified atom stereocenters. The lowest BCUT2D eigenvalue weighted by molar-refractivity contribution is 0.266. The van der Waals surface area contributed by atoms with Crippen molar-refractivity contribution in [2.24, 2.45) is 0 Å². The van der Waals surface area contributed by atoms with Crippen LogP contribution < -0.4 is 5.32 Å². The van der Waals surface area contributed by atoms with Crippen LogP contribution in [0.15, 0.2) is 0 Å². The fraction of sp³-hybridized carbons (Fsp3) is 1.00. The van der Waals surface area contributed by atoms with E-state index in [1.165, 1.54) is 32.1 Å². The molecule has 1 aliphatic carbocycles. The van der Waals surface area contributed by atoms with Crippen LogP contribution in [0, 0.1) is 0 Å². The molecule has 1 heteroatoms. The second-order valence-electron chi connectivity index (χ2n) is 3.28. The molecule has 53 valence electrons. The largest absolute Gasteiger partial charge is 0.239 e. The molecule has 0 atom stereocenters. The van der Waals surface area contributed by atoms with Crippen molar-refractivity contribution in [1.29, 1.82) is 0 Å². The van der Waals surface area contributed by atoms with Gasteiger partial charge < -0.3 is 0 Å². The maximum absolute atomic E-state index is 4.38. The van der Waals surface area contributed by atoms with Gasteiger partial charge in [-0.3, -0.25) is 0 Å². The van der Waals surface area contributed by atoms with Gasteiger partial charge in [0.05, 0.1) is 0 Å². The van der Waals surface area contributed by atoms with Gasteiger partial charge in [0.2, 0.25) is 0 Å². The van der Waals surface area contributed by atoms with Crippen LogP contribution in [0.2, 0.25) is 0 Å². The Hall–Kier alpha value is -0.0400. The van der Waals surface area contributed by atoms with E-state index < -0.39 is 0 Å². The molecule has 1 radical (unpaired) electrons. The predicted octanol–water partition coefficient (Wildman–Crippen LogP) is 1.94. The molecule has 0 spiro atoms. The van der Waals surface area contributed by atoms with E-state index >= 15 is 0 Å². The minimum Gasteiger partial charge on any atom is -0.239 e. The zero-order chi connectivity index (χ0) is 6.74. The van der Waals surface area contributed by atoms with E-state index in [4.69, 9.17) is 0 Å². The van der Waals surface area contributed by atoms with Gasteiger partial charge >= 0.3 is 0 Å². The Morgan fingerprint density at radius 1 is 1.11 bits per heavy atom. The van der Waals surface area contributed by atoms with Gasteiger partial charge in [-0.05, 0) is 19.8 Å². The summed E-state index contributed by atoms with van der Waals surface area (Å²) in [7, 11) is 1.95. The van der Waals surface area contributed by atoms with Crippen LogP contribution in [0.1, 0.15) is 39.0 Å². The smallest absolute Gasteiger partial charge is 0.0325 e. The van der Waals surface area contributed by atoms with Crippen molar-refractivity contribution >= 4 is 0 Å². The summed E-state index contributed by atoms with van der Waals surface area (Å²) >= 11 is 0. The summed E-state index contributed by atoms with van der Waals surface area (Å²) < 4.78 is 0.